The van der Waals surface area contributed by atoms with Crippen LogP contribution < -0.4 is 4.74 Å². The predicted molar refractivity (Wildman–Crippen MR) is 79.7 cm³/mol. The minimum atomic E-state index is -0.363. The Hall–Kier alpha value is -2.68. The molecule has 104 valence electrons. The van der Waals surface area contributed by atoms with Gasteiger partial charge in [0, 0.05) is 5.39 Å². The summed E-state index contributed by atoms with van der Waals surface area (Å²) in [5.74, 6) is -0.139. The minimum Gasteiger partial charge on any atom is -0.426 e. The number of halogens is 1. The third-order valence-electron chi connectivity index (χ3n) is 3.24. The van der Waals surface area contributed by atoms with Gasteiger partial charge >= 0.3 is 5.97 Å². The SMILES string of the molecule is O=C(Cc1ccc(F)cc1)Oc1cccc2ccccc12. The molecule has 0 amide bonds. The Kier molecular flexibility index (Phi) is 3.65. The molecule has 0 radical (unpaired) electrons. The summed E-state index contributed by atoms with van der Waals surface area (Å²) in [7, 11) is 0. The van der Waals surface area contributed by atoms with Crippen molar-refractivity contribution in [2.45, 2.75) is 6.42 Å². The van der Waals surface area contributed by atoms with Crippen molar-refractivity contribution in [1.82, 2.24) is 0 Å². The van der Waals surface area contributed by atoms with Gasteiger partial charge in [-0.15, -0.1) is 0 Å². The first-order chi connectivity index (χ1) is 10.2. The van der Waals surface area contributed by atoms with Gasteiger partial charge in [0.15, 0.2) is 0 Å². The summed E-state index contributed by atoms with van der Waals surface area (Å²) >= 11 is 0. The number of rotatable bonds is 3. The van der Waals surface area contributed by atoms with Crippen LogP contribution in [0, 0.1) is 5.82 Å². The number of hydrogen-bond donors (Lipinski definition) is 0. The molecule has 21 heavy (non-hydrogen) atoms. The molecule has 0 saturated carbocycles. The lowest BCUT2D eigenvalue weighted by Crippen LogP contribution is -2.11. The monoisotopic (exact) mass is 280 g/mol. The van der Waals surface area contributed by atoms with Crippen molar-refractivity contribution in [3.05, 3.63) is 78.1 Å². The van der Waals surface area contributed by atoms with Gasteiger partial charge in [-0.2, -0.15) is 0 Å². The number of ether oxygens (including phenoxy) is 1. The van der Waals surface area contributed by atoms with Crippen molar-refractivity contribution in [3.63, 3.8) is 0 Å². The Morgan fingerprint density at radius 3 is 2.43 bits per heavy atom. The third kappa shape index (κ3) is 3.08. The maximum atomic E-state index is 12.8. The molecule has 0 spiro atoms. The zero-order valence-corrected chi connectivity index (χ0v) is 11.3. The first kappa shape index (κ1) is 13.3. The number of hydrogen-bond acceptors (Lipinski definition) is 2. The van der Waals surface area contributed by atoms with Crippen LogP contribution in [0.4, 0.5) is 4.39 Å². The molecule has 3 rings (SSSR count). The van der Waals surface area contributed by atoms with Crippen LogP contribution >= 0.6 is 0 Å². The van der Waals surface area contributed by atoms with Gasteiger partial charge in [0.05, 0.1) is 6.42 Å². The van der Waals surface area contributed by atoms with E-state index in [2.05, 4.69) is 0 Å². The zero-order chi connectivity index (χ0) is 14.7. The molecule has 0 aromatic heterocycles. The molecule has 0 saturated heterocycles. The standard InChI is InChI=1S/C18H13FO2/c19-15-10-8-13(9-11-15)12-18(20)21-17-7-3-5-14-4-1-2-6-16(14)17/h1-11H,12H2. The number of fused-ring (bicyclic) bond motifs is 1. The maximum absolute atomic E-state index is 12.8. The van der Waals surface area contributed by atoms with E-state index >= 15 is 0 Å². The lowest BCUT2D eigenvalue weighted by molar-refractivity contribution is -0.133. The lowest BCUT2D eigenvalue weighted by Gasteiger charge is -2.07. The summed E-state index contributed by atoms with van der Waals surface area (Å²) in [6, 6.07) is 19.1. The fourth-order valence-corrected chi connectivity index (χ4v) is 2.21. The third-order valence-corrected chi connectivity index (χ3v) is 3.24. The first-order valence-corrected chi connectivity index (χ1v) is 6.65. The van der Waals surface area contributed by atoms with E-state index in [0.29, 0.717) is 5.75 Å². The van der Waals surface area contributed by atoms with E-state index in [9.17, 15) is 9.18 Å². The van der Waals surface area contributed by atoms with Crippen LogP contribution in [0.5, 0.6) is 5.75 Å². The molecule has 0 unspecified atom stereocenters. The summed E-state index contributed by atoms with van der Waals surface area (Å²) in [6.45, 7) is 0. The van der Waals surface area contributed by atoms with Gasteiger partial charge in [-0.05, 0) is 29.1 Å². The molecule has 0 aliphatic carbocycles. The average molecular weight is 280 g/mol. The molecule has 3 aromatic carbocycles. The average Bonchev–Trinajstić information content (AvgIpc) is 2.50. The zero-order valence-electron chi connectivity index (χ0n) is 11.3. The van der Waals surface area contributed by atoms with Crippen LogP contribution in [0.3, 0.4) is 0 Å². The van der Waals surface area contributed by atoms with E-state index in [1.807, 2.05) is 36.4 Å². The molecule has 0 bridgehead atoms. The highest BCUT2D eigenvalue weighted by Gasteiger charge is 2.09. The largest absolute Gasteiger partial charge is 0.426 e. The Balaban J connectivity index is 1.79. The van der Waals surface area contributed by atoms with Gasteiger partial charge in [0.1, 0.15) is 11.6 Å². The molecule has 2 nitrogen and oxygen atoms in total. The first-order valence-electron chi connectivity index (χ1n) is 6.65. The Morgan fingerprint density at radius 2 is 1.62 bits per heavy atom. The van der Waals surface area contributed by atoms with Crippen molar-refractivity contribution in [2.24, 2.45) is 0 Å². The van der Waals surface area contributed by atoms with E-state index in [-0.39, 0.29) is 18.2 Å². The van der Waals surface area contributed by atoms with E-state index < -0.39 is 0 Å². The van der Waals surface area contributed by atoms with Gasteiger partial charge in [0.25, 0.3) is 0 Å². The molecule has 0 N–H and O–H groups in total. The number of benzene rings is 3. The summed E-state index contributed by atoms with van der Waals surface area (Å²) in [5, 5.41) is 1.91. The van der Waals surface area contributed by atoms with Gasteiger partial charge in [0.2, 0.25) is 0 Å². The van der Waals surface area contributed by atoms with Crippen molar-refractivity contribution < 1.29 is 13.9 Å². The highest BCUT2D eigenvalue weighted by atomic mass is 19.1. The molecule has 0 atom stereocenters. The maximum Gasteiger partial charge on any atom is 0.315 e. The molecular formula is C18H13FO2. The predicted octanol–water partition coefficient (Wildman–Crippen LogP) is 4.13. The Bertz CT molecular complexity index is 773. The second kappa shape index (κ2) is 5.75. The van der Waals surface area contributed by atoms with Crippen LogP contribution in [0.25, 0.3) is 10.8 Å². The highest BCUT2D eigenvalue weighted by molar-refractivity contribution is 5.90. The van der Waals surface area contributed by atoms with Gasteiger partial charge < -0.3 is 4.74 Å². The van der Waals surface area contributed by atoms with Gasteiger partial charge in [-0.3, -0.25) is 4.79 Å². The summed E-state index contributed by atoms with van der Waals surface area (Å²) in [5.41, 5.74) is 0.724. The smallest absolute Gasteiger partial charge is 0.315 e. The highest BCUT2D eigenvalue weighted by Crippen LogP contribution is 2.25. The molecule has 0 aliphatic heterocycles. The normalized spacial score (nSPS) is 10.5. The molecule has 3 heteroatoms. The minimum absolute atomic E-state index is 0.115. The Morgan fingerprint density at radius 1 is 0.905 bits per heavy atom. The van der Waals surface area contributed by atoms with Crippen LogP contribution in [0.2, 0.25) is 0 Å². The molecule has 3 aromatic rings. The van der Waals surface area contributed by atoms with E-state index in [4.69, 9.17) is 4.74 Å². The number of esters is 1. The second-order valence-corrected chi connectivity index (χ2v) is 4.75. The van der Waals surface area contributed by atoms with Crippen LogP contribution in [-0.4, -0.2) is 5.97 Å². The second-order valence-electron chi connectivity index (χ2n) is 4.75. The van der Waals surface area contributed by atoms with Crippen LogP contribution in [-0.2, 0) is 11.2 Å². The topological polar surface area (TPSA) is 26.3 Å². The lowest BCUT2D eigenvalue weighted by atomic mass is 10.1. The number of carbonyl (C=O) groups is 1. The van der Waals surface area contributed by atoms with Gasteiger partial charge in [-0.25, -0.2) is 4.39 Å². The van der Waals surface area contributed by atoms with Crippen molar-refractivity contribution in [1.29, 1.82) is 0 Å². The van der Waals surface area contributed by atoms with E-state index in [1.54, 1.807) is 18.2 Å². The van der Waals surface area contributed by atoms with Crippen molar-refractivity contribution >= 4 is 16.7 Å². The van der Waals surface area contributed by atoms with E-state index in [1.165, 1.54) is 12.1 Å². The fourth-order valence-electron chi connectivity index (χ4n) is 2.21. The molecule has 0 heterocycles. The van der Waals surface area contributed by atoms with Crippen LogP contribution in [0.15, 0.2) is 66.7 Å². The summed E-state index contributed by atoms with van der Waals surface area (Å²) < 4.78 is 18.3. The van der Waals surface area contributed by atoms with Crippen LogP contribution in [0.1, 0.15) is 5.56 Å². The van der Waals surface area contributed by atoms with Gasteiger partial charge in [-0.1, -0.05) is 48.5 Å². The van der Waals surface area contributed by atoms with Crippen molar-refractivity contribution in [3.8, 4) is 5.75 Å². The van der Waals surface area contributed by atoms with Crippen molar-refractivity contribution in [2.75, 3.05) is 0 Å². The fraction of sp³-hybridized carbons (Fsp3) is 0.0556. The number of carbonyl (C=O) groups excluding carboxylic acids is 1. The Labute approximate surface area is 121 Å². The summed E-state index contributed by atoms with van der Waals surface area (Å²) in [4.78, 5) is 12.0. The molecular weight excluding hydrogens is 267 g/mol. The molecule has 0 aliphatic rings. The molecule has 0 fully saturated rings. The quantitative estimate of drug-likeness (QED) is 0.532. The summed E-state index contributed by atoms with van der Waals surface area (Å²) in [6.07, 6.45) is 0.115. The van der Waals surface area contributed by atoms with E-state index in [0.717, 1.165) is 16.3 Å².